The van der Waals surface area contributed by atoms with Crippen LogP contribution in [0.4, 0.5) is 4.79 Å². The number of rotatable bonds is 4. The monoisotopic (exact) mass is 466 g/mol. The molecule has 0 bridgehead atoms. The van der Waals surface area contributed by atoms with E-state index in [1.54, 1.807) is 28.9 Å². The van der Waals surface area contributed by atoms with E-state index < -0.39 is 17.5 Å². The summed E-state index contributed by atoms with van der Waals surface area (Å²) in [6, 6.07) is 10.3. The number of hydrogen-bond donors (Lipinski definition) is 1. The molecule has 0 aliphatic carbocycles. The molecule has 5 amide bonds. The minimum absolute atomic E-state index is 0.0343. The fourth-order valence-corrected chi connectivity index (χ4v) is 4.29. The smallest absolute Gasteiger partial charge is 0.325 e. The van der Waals surface area contributed by atoms with Gasteiger partial charge in [0.1, 0.15) is 12.1 Å². The van der Waals surface area contributed by atoms with Gasteiger partial charge in [-0.05, 0) is 35.6 Å². The van der Waals surface area contributed by atoms with Crippen molar-refractivity contribution in [2.75, 3.05) is 32.7 Å². The summed E-state index contributed by atoms with van der Waals surface area (Å²) in [5.74, 6) is -0.754. The molecule has 2 aliphatic heterocycles. The Bertz CT molecular complexity index is 1100. The van der Waals surface area contributed by atoms with E-state index in [0.29, 0.717) is 31.7 Å². The maximum atomic E-state index is 13.2. The van der Waals surface area contributed by atoms with Gasteiger partial charge in [0.25, 0.3) is 11.8 Å². The SMILES string of the molecule is CC(C)(C)c1ccc([C@]2(C)NC(=O)N(CC(=O)N3CCN(C(=O)c4ccco4)CC3)C2=O)cc1. The Hall–Kier alpha value is -3.62. The fourth-order valence-electron chi connectivity index (χ4n) is 4.29. The first kappa shape index (κ1) is 23.5. The van der Waals surface area contributed by atoms with Gasteiger partial charge in [0, 0.05) is 26.2 Å². The molecule has 0 saturated carbocycles. The van der Waals surface area contributed by atoms with Crippen molar-refractivity contribution in [2.24, 2.45) is 0 Å². The van der Waals surface area contributed by atoms with Crippen molar-refractivity contribution >= 4 is 23.8 Å². The number of furan rings is 1. The number of nitrogens with one attached hydrogen (secondary N) is 1. The van der Waals surface area contributed by atoms with Crippen molar-refractivity contribution in [1.82, 2.24) is 20.0 Å². The summed E-state index contributed by atoms with van der Waals surface area (Å²) in [5, 5.41) is 2.75. The summed E-state index contributed by atoms with van der Waals surface area (Å²) in [7, 11) is 0. The number of urea groups is 1. The Morgan fingerprint density at radius 1 is 1.00 bits per heavy atom. The van der Waals surface area contributed by atoms with Crippen molar-refractivity contribution in [3.63, 3.8) is 0 Å². The largest absolute Gasteiger partial charge is 0.459 e. The first-order valence-electron chi connectivity index (χ1n) is 11.4. The zero-order chi connectivity index (χ0) is 24.7. The van der Waals surface area contributed by atoms with Gasteiger partial charge in [-0.15, -0.1) is 0 Å². The molecule has 180 valence electrons. The molecule has 9 nitrogen and oxygen atoms in total. The highest BCUT2D eigenvalue weighted by molar-refractivity contribution is 6.09. The number of imide groups is 1. The average Bonchev–Trinajstić information content (AvgIpc) is 3.42. The lowest BCUT2D eigenvalue weighted by Gasteiger charge is -2.34. The number of carbonyl (C=O) groups excluding carboxylic acids is 4. The molecule has 1 aromatic heterocycles. The van der Waals surface area contributed by atoms with Gasteiger partial charge in [0.05, 0.1) is 6.26 Å². The Kier molecular flexibility index (Phi) is 5.97. The normalized spacial score (nSPS) is 21.1. The molecular weight excluding hydrogens is 436 g/mol. The predicted molar refractivity (Wildman–Crippen MR) is 124 cm³/mol. The lowest BCUT2D eigenvalue weighted by molar-refractivity contribution is -0.139. The average molecular weight is 467 g/mol. The van der Waals surface area contributed by atoms with Gasteiger partial charge in [-0.3, -0.25) is 19.3 Å². The molecule has 2 aromatic rings. The van der Waals surface area contributed by atoms with Gasteiger partial charge in [0.2, 0.25) is 5.91 Å². The third-order valence-corrected chi connectivity index (χ3v) is 6.55. The van der Waals surface area contributed by atoms with Crippen LogP contribution in [0.5, 0.6) is 0 Å². The number of hydrogen-bond acceptors (Lipinski definition) is 5. The second-order valence-corrected chi connectivity index (χ2v) is 9.92. The minimum atomic E-state index is -1.23. The molecule has 1 atom stereocenters. The van der Waals surface area contributed by atoms with E-state index in [0.717, 1.165) is 10.5 Å². The maximum absolute atomic E-state index is 13.2. The number of carbonyl (C=O) groups is 4. The van der Waals surface area contributed by atoms with Crippen molar-refractivity contribution in [3.05, 3.63) is 59.5 Å². The highest BCUT2D eigenvalue weighted by Crippen LogP contribution is 2.31. The molecule has 34 heavy (non-hydrogen) atoms. The molecule has 1 N–H and O–H groups in total. The van der Waals surface area contributed by atoms with Crippen LogP contribution in [0, 0.1) is 0 Å². The number of benzene rings is 1. The minimum Gasteiger partial charge on any atom is -0.459 e. The topological polar surface area (TPSA) is 103 Å². The Morgan fingerprint density at radius 2 is 1.62 bits per heavy atom. The van der Waals surface area contributed by atoms with Gasteiger partial charge in [-0.1, -0.05) is 45.0 Å². The van der Waals surface area contributed by atoms with Gasteiger partial charge < -0.3 is 19.5 Å². The Balaban J connectivity index is 1.39. The lowest BCUT2D eigenvalue weighted by Crippen LogP contribution is -2.53. The molecule has 3 heterocycles. The quantitative estimate of drug-likeness (QED) is 0.697. The number of piperazine rings is 1. The number of amides is 5. The summed E-state index contributed by atoms with van der Waals surface area (Å²) >= 11 is 0. The third kappa shape index (κ3) is 4.30. The lowest BCUT2D eigenvalue weighted by atomic mass is 9.84. The molecule has 1 aromatic carbocycles. The van der Waals surface area contributed by atoms with Crippen LogP contribution < -0.4 is 5.32 Å². The van der Waals surface area contributed by atoms with Crippen LogP contribution in [-0.2, 0) is 20.5 Å². The van der Waals surface area contributed by atoms with E-state index in [9.17, 15) is 19.2 Å². The van der Waals surface area contributed by atoms with Crippen LogP contribution in [0.15, 0.2) is 47.1 Å². The van der Waals surface area contributed by atoms with Crippen LogP contribution in [0.1, 0.15) is 49.4 Å². The second kappa shape index (κ2) is 8.62. The van der Waals surface area contributed by atoms with E-state index in [4.69, 9.17) is 4.42 Å². The molecule has 2 fully saturated rings. The molecular formula is C25H30N4O5. The highest BCUT2D eigenvalue weighted by atomic mass is 16.3. The molecule has 4 rings (SSSR count). The van der Waals surface area contributed by atoms with Crippen LogP contribution in [0.2, 0.25) is 0 Å². The number of nitrogens with zero attached hydrogens (tertiary/aromatic N) is 3. The molecule has 0 spiro atoms. The van der Waals surface area contributed by atoms with Gasteiger partial charge in [-0.25, -0.2) is 4.79 Å². The van der Waals surface area contributed by atoms with E-state index in [1.165, 1.54) is 6.26 Å². The molecule has 9 heteroatoms. The zero-order valence-electron chi connectivity index (χ0n) is 20.0. The summed E-state index contributed by atoms with van der Waals surface area (Å²) in [5.41, 5.74) is 0.516. The molecule has 0 radical (unpaired) electrons. The van der Waals surface area contributed by atoms with Gasteiger partial charge in [0.15, 0.2) is 5.76 Å². The second-order valence-electron chi connectivity index (χ2n) is 9.92. The maximum Gasteiger partial charge on any atom is 0.325 e. The Labute approximate surface area is 198 Å². The predicted octanol–water partition coefficient (Wildman–Crippen LogP) is 2.33. The highest BCUT2D eigenvalue weighted by Gasteiger charge is 2.49. The van der Waals surface area contributed by atoms with Crippen LogP contribution in [0.25, 0.3) is 0 Å². The summed E-state index contributed by atoms with van der Waals surface area (Å²) < 4.78 is 5.15. The van der Waals surface area contributed by atoms with Crippen molar-refractivity contribution in [1.29, 1.82) is 0 Å². The van der Waals surface area contributed by atoms with Crippen molar-refractivity contribution in [2.45, 2.75) is 38.6 Å². The standard InChI is InChI=1S/C25H30N4O5/c1-24(2,3)17-7-9-18(10-8-17)25(4)22(32)29(23(33)26-25)16-20(30)27-11-13-28(14-12-27)21(31)19-6-5-15-34-19/h5-10,15H,11-14,16H2,1-4H3,(H,26,33)/t25-/m0/s1. The van der Waals surface area contributed by atoms with Crippen LogP contribution in [0.3, 0.4) is 0 Å². The summed E-state index contributed by atoms with van der Waals surface area (Å²) in [6.07, 6.45) is 1.44. The molecule has 2 saturated heterocycles. The molecule has 2 aliphatic rings. The van der Waals surface area contributed by atoms with Crippen LogP contribution in [-0.4, -0.2) is 71.2 Å². The third-order valence-electron chi connectivity index (χ3n) is 6.55. The molecule has 0 unspecified atom stereocenters. The van der Waals surface area contributed by atoms with Crippen LogP contribution >= 0.6 is 0 Å². The summed E-state index contributed by atoms with van der Waals surface area (Å²) in [4.78, 5) is 55.3. The van der Waals surface area contributed by atoms with Gasteiger partial charge >= 0.3 is 6.03 Å². The fraction of sp³-hybridized carbons (Fsp3) is 0.440. The first-order chi connectivity index (χ1) is 16.0. The summed E-state index contributed by atoms with van der Waals surface area (Å²) in [6.45, 7) is 8.97. The van der Waals surface area contributed by atoms with E-state index in [2.05, 4.69) is 26.1 Å². The Morgan fingerprint density at radius 3 is 2.18 bits per heavy atom. The van der Waals surface area contributed by atoms with Gasteiger partial charge in [-0.2, -0.15) is 0 Å². The van der Waals surface area contributed by atoms with E-state index in [-0.39, 0.29) is 29.5 Å². The van der Waals surface area contributed by atoms with Crippen molar-refractivity contribution in [3.8, 4) is 0 Å². The van der Waals surface area contributed by atoms with Crippen molar-refractivity contribution < 1.29 is 23.6 Å². The zero-order valence-corrected chi connectivity index (χ0v) is 20.0. The van der Waals surface area contributed by atoms with E-state index in [1.807, 2.05) is 24.3 Å². The van der Waals surface area contributed by atoms with E-state index >= 15 is 0 Å². The first-order valence-corrected chi connectivity index (χ1v) is 11.4.